The van der Waals surface area contributed by atoms with E-state index in [1.807, 2.05) is 18.2 Å². The molecule has 0 fully saturated rings. The van der Waals surface area contributed by atoms with Crippen LogP contribution in [0.5, 0.6) is 0 Å². The molecule has 0 saturated carbocycles. The highest BCUT2D eigenvalue weighted by molar-refractivity contribution is 5.80. The number of nitrogens with two attached hydrogens (primary N) is 1. The number of aromatic nitrogens is 2. The van der Waals surface area contributed by atoms with Crippen molar-refractivity contribution < 1.29 is 14.8 Å². The van der Waals surface area contributed by atoms with Gasteiger partial charge >= 0.3 is 0 Å². The molecule has 28 heavy (non-hydrogen) atoms. The van der Waals surface area contributed by atoms with Gasteiger partial charge in [0.25, 0.3) is 0 Å². The van der Waals surface area contributed by atoms with Gasteiger partial charge in [0, 0.05) is 17.4 Å². The van der Waals surface area contributed by atoms with Gasteiger partial charge in [0.2, 0.25) is 18.3 Å². The molecule has 1 heterocycles. The van der Waals surface area contributed by atoms with E-state index in [2.05, 4.69) is 27.7 Å². The highest BCUT2D eigenvalue weighted by Crippen LogP contribution is 2.23. The number of anilines is 2. The first-order chi connectivity index (χ1) is 13.5. The van der Waals surface area contributed by atoms with Crippen LogP contribution in [0.4, 0.5) is 11.6 Å². The fourth-order valence-corrected chi connectivity index (χ4v) is 2.73. The molecule has 0 saturated heterocycles. The minimum Gasteiger partial charge on any atom is -0.398 e. The molecule has 9 heteroatoms. The number of hydrazine groups is 1. The molecule has 9 nitrogen and oxygen atoms in total. The summed E-state index contributed by atoms with van der Waals surface area (Å²) in [5.74, 6) is -0.704. The second-order valence-electron chi connectivity index (χ2n) is 6.39. The lowest BCUT2D eigenvalue weighted by Gasteiger charge is -2.19. The highest BCUT2D eigenvalue weighted by atomic mass is 16.5. The zero-order chi connectivity index (χ0) is 20.4. The summed E-state index contributed by atoms with van der Waals surface area (Å²) in [7, 11) is 0. The van der Waals surface area contributed by atoms with E-state index in [1.165, 1.54) is 0 Å². The van der Waals surface area contributed by atoms with Crippen LogP contribution in [0.25, 0.3) is 11.3 Å². The number of carbonyl (C=O) groups is 2. The zero-order valence-electron chi connectivity index (χ0n) is 15.8. The first-order valence-electron chi connectivity index (χ1n) is 9.19. The smallest absolute Gasteiger partial charge is 0.243 e. The van der Waals surface area contributed by atoms with E-state index in [0.717, 1.165) is 24.8 Å². The fourth-order valence-electron chi connectivity index (χ4n) is 2.73. The van der Waals surface area contributed by atoms with Gasteiger partial charge in [0.1, 0.15) is 0 Å². The average molecular weight is 386 g/mol. The molecular formula is C19H26N6O3. The van der Waals surface area contributed by atoms with Crippen LogP contribution in [-0.2, 0) is 9.59 Å². The van der Waals surface area contributed by atoms with Crippen LogP contribution in [0, 0.1) is 5.92 Å². The monoisotopic (exact) mass is 386 g/mol. The number of unbranched alkanes of at least 4 members (excludes halogenated alkanes) is 2. The van der Waals surface area contributed by atoms with Crippen LogP contribution < -0.4 is 16.6 Å². The molecule has 0 aliphatic heterocycles. The quantitative estimate of drug-likeness (QED) is 0.153. The van der Waals surface area contributed by atoms with Gasteiger partial charge in [-0.15, -0.1) is 0 Å². The molecule has 2 amide bonds. The first kappa shape index (κ1) is 21.1. The third kappa shape index (κ3) is 6.20. The number of carbonyl (C=O) groups excluding carboxylic acids is 2. The topological polar surface area (TPSA) is 133 Å². The number of hydroxylamine groups is 2. The number of nitrogens with one attached hydrogen (secondary N) is 2. The van der Waals surface area contributed by atoms with Crippen molar-refractivity contribution in [1.29, 1.82) is 0 Å². The first-order valence-corrected chi connectivity index (χ1v) is 9.19. The number of benzene rings is 1. The van der Waals surface area contributed by atoms with Gasteiger partial charge < -0.3 is 5.73 Å². The standard InChI is InChI=1S/C19H26N6O3/c1-2-3-4-7-14(12-25(28)13-26)18(27)23-24-19-21-11-10-17(22-19)15-8-5-6-9-16(15)20/h5-6,8-11,13-14,28H,2-4,7,12,20H2,1H3,(H,23,27)(H,21,22,24)/t14-/m0/s1. The molecule has 0 bridgehead atoms. The van der Waals surface area contributed by atoms with Crippen molar-refractivity contribution >= 4 is 24.0 Å². The minimum atomic E-state index is -0.554. The molecule has 5 N–H and O–H groups in total. The normalized spacial score (nSPS) is 11.5. The zero-order valence-corrected chi connectivity index (χ0v) is 15.8. The summed E-state index contributed by atoms with van der Waals surface area (Å²) in [6.45, 7) is 1.98. The summed E-state index contributed by atoms with van der Waals surface area (Å²) in [4.78, 5) is 31.6. The van der Waals surface area contributed by atoms with Crippen LogP contribution in [0.2, 0.25) is 0 Å². The molecule has 1 aromatic carbocycles. The van der Waals surface area contributed by atoms with Crippen molar-refractivity contribution in [3.05, 3.63) is 36.5 Å². The number of amides is 2. The van der Waals surface area contributed by atoms with E-state index < -0.39 is 5.92 Å². The lowest BCUT2D eigenvalue weighted by molar-refractivity contribution is -0.154. The predicted octanol–water partition coefficient (Wildman–Crippen LogP) is 2.21. The van der Waals surface area contributed by atoms with Crippen molar-refractivity contribution in [1.82, 2.24) is 20.5 Å². The largest absolute Gasteiger partial charge is 0.398 e. The van der Waals surface area contributed by atoms with Crippen LogP contribution >= 0.6 is 0 Å². The maximum atomic E-state index is 12.5. The predicted molar refractivity (Wildman–Crippen MR) is 106 cm³/mol. The summed E-state index contributed by atoms with van der Waals surface area (Å²) >= 11 is 0. The van der Waals surface area contributed by atoms with Crippen LogP contribution in [0.3, 0.4) is 0 Å². The van der Waals surface area contributed by atoms with Gasteiger partial charge in [-0.25, -0.2) is 15.0 Å². The second-order valence-corrected chi connectivity index (χ2v) is 6.39. The maximum Gasteiger partial charge on any atom is 0.243 e. The Labute approximate surface area is 163 Å². The van der Waals surface area contributed by atoms with E-state index >= 15 is 0 Å². The third-order valence-corrected chi connectivity index (χ3v) is 4.25. The Balaban J connectivity index is 2.02. The van der Waals surface area contributed by atoms with Gasteiger partial charge in [-0.3, -0.25) is 25.6 Å². The van der Waals surface area contributed by atoms with Crippen molar-refractivity contribution in [3.8, 4) is 11.3 Å². The van der Waals surface area contributed by atoms with Crippen LogP contribution in [0.15, 0.2) is 36.5 Å². The van der Waals surface area contributed by atoms with E-state index in [4.69, 9.17) is 5.73 Å². The molecule has 0 radical (unpaired) electrons. The summed E-state index contributed by atoms with van der Waals surface area (Å²) < 4.78 is 0. The lowest BCUT2D eigenvalue weighted by atomic mass is 10.0. The van der Waals surface area contributed by atoms with Crippen molar-refractivity contribution in [2.45, 2.75) is 32.6 Å². The molecule has 0 spiro atoms. The highest BCUT2D eigenvalue weighted by Gasteiger charge is 2.20. The Bertz CT molecular complexity index is 786. The molecule has 0 aliphatic carbocycles. The van der Waals surface area contributed by atoms with Gasteiger partial charge in [-0.05, 0) is 18.6 Å². The van der Waals surface area contributed by atoms with E-state index in [-0.39, 0.29) is 24.8 Å². The number of rotatable bonds is 11. The second kappa shape index (κ2) is 10.8. The Kier molecular flexibility index (Phi) is 8.16. The lowest BCUT2D eigenvalue weighted by Crippen LogP contribution is -2.40. The molecule has 0 aliphatic rings. The summed E-state index contributed by atoms with van der Waals surface area (Å²) in [5.41, 5.74) is 13.2. The Morgan fingerprint density at radius 2 is 2.11 bits per heavy atom. The van der Waals surface area contributed by atoms with Crippen molar-refractivity contribution in [2.24, 2.45) is 5.92 Å². The van der Waals surface area contributed by atoms with Gasteiger partial charge in [-0.2, -0.15) is 0 Å². The molecule has 2 rings (SSSR count). The molecule has 0 unspecified atom stereocenters. The summed E-state index contributed by atoms with van der Waals surface area (Å²) in [6.07, 6.45) is 5.18. The SMILES string of the molecule is CCCCC[C@@H](CN(O)C=O)C(=O)NNc1nccc(-c2ccccc2N)n1. The Morgan fingerprint density at radius 3 is 2.82 bits per heavy atom. The third-order valence-electron chi connectivity index (χ3n) is 4.25. The molecule has 1 atom stereocenters. The van der Waals surface area contributed by atoms with E-state index in [9.17, 15) is 14.8 Å². The Morgan fingerprint density at radius 1 is 1.32 bits per heavy atom. The molecular weight excluding hydrogens is 360 g/mol. The average Bonchev–Trinajstić information content (AvgIpc) is 2.71. The fraction of sp³-hybridized carbons (Fsp3) is 0.368. The number of hydrogen-bond donors (Lipinski definition) is 4. The van der Waals surface area contributed by atoms with Crippen LogP contribution in [-0.4, -0.2) is 39.1 Å². The maximum absolute atomic E-state index is 12.5. The summed E-state index contributed by atoms with van der Waals surface area (Å²) in [5, 5.41) is 9.91. The van der Waals surface area contributed by atoms with Gasteiger partial charge in [0.05, 0.1) is 18.2 Å². The number of nitrogens with zero attached hydrogens (tertiary/aromatic N) is 3. The molecule has 150 valence electrons. The Hall–Kier alpha value is -3.20. The number of nitrogen functional groups attached to an aromatic ring is 1. The van der Waals surface area contributed by atoms with Crippen LogP contribution in [0.1, 0.15) is 32.6 Å². The van der Waals surface area contributed by atoms with Crippen molar-refractivity contribution in [2.75, 3.05) is 17.7 Å². The summed E-state index contributed by atoms with van der Waals surface area (Å²) in [6, 6.07) is 9.04. The van der Waals surface area contributed by atoms with E-state index in [0.29, 0.717) is 22.9 Å². The number of para-hydroxylation sites is 1. The van der Waals surface area contributed by atoms with Crippen molar-refractivity contribution in [3.63, 3.8) is 0 Å². The minimum absolute atomic E-state index is 0.0812. The van der Waals surface area contributed by atoms with Gasteiger partial charge in [0.15, 0.2) is 0 Å². The molecule has 2 aromatic rings. The number of hydrogen-bond acceptors (Lipinski definition) is 7. The van der Waals surface area contributed by atoms with Gasteiger partial charge in [-0.1, -0.05) is 44.4 Å². The molecule has 1 aromatic heterocycles. The van der Waals surface area contributed by atoms with E-state index in [1.54, 1.807) is 18.3 Å².